The van der Waals surface area contributed by atoms with Crippen molar-refractivity contribution < 1.29 is 59.0 Å². The van der Waals surface area contributed by atoms with Crippen LogP contribution in [0.3, 0.4) is 0 Å². The third-order valence-electron chi connectivity index (χ3n) is 5.13. The van der Waals surface area contributed by atoms with Gasteiger partial charge < -0.3 is 23.8 Å². The number of fused-ring (bicyclic) bond motifs is 1. The molecule has 0 aliphatic heterocycles. The van der Waals surface area contributed by atoms with Crippen LogP contribution in [0.15, 0.2) is 42.5 Å². The molecule has 0 bridgehead atoms. The molecule has 1 unspecified atom stereocenters. The minimum Gasteiger partial charge on any atom is -0.489 e. The second kappa shape index (κ2) is 17.6. The molecular formula is C24H35N3O12. The normalized spacial score (nSPS) is 12.3. The van der Waals surface area contributed by atoms with E-state index in [4.69, 9.17) is 39.8 Å². The molecule has 0 aromatic heterocycles. The maximum absolute atomic E-state index is 12.8. The summed E-state index contributed by atoms with van der Waals surface area (Å²) < 4.78 is 21.9. The predicted molar refractivity (Wildman–Crippen MR) is 131 cm³/mol. The van der Waals surface area contributed by atoms with E-state index in [1.165, 1.54) is 4.90 Å². The number of hydrogen-bond donors (Lipinski definition) is 4. The Hall–Kier alpha value is -2.96. The van der Waals surface area contributed by atoms with E-state index in [1.807, 2.05) is 36.4 Å². The Bertz CT molecular complexity index is 1000. The molecule has 39 heavy (non-hydrogen) atoms. The average Bonchev–Trinajstić information content (AvgIpc) is 2.89. The molecule has 2 rings (SSSR count). The summed E-state index contributed by atoms with van der Waals surface area (Å²) in [6.45, 7) is 2.11. The SMILES string of the molecule is CC(C)N(CC(COc1cccc2ccccc12)OC(=O)COCCON(O)O)C(=O)COCCON(O)O. The minimum absolute atomic E-state index is 0.0129. The van der Waals surface area contributed by atoms with Gasteiger partial charge in [-0.05, 0) is 25.3 Å². The maximum atomic E-state index is 12.8. The lowest BCUT2D eigenvalue weighted by molar-refractivity contribution is -0.493. The van der Waals surface area contributed by atoms with Gasteiger partial charge >= 0.3 is 5.97 Å². The average molecular weight is 558 g/mol. The third kappa shape index (κ3) is 12.6. The molecule has 1 atom stereocenters. The van der Waals surface area contributed by atoms with Gasteiger partial charge in [-0.3, -0.25) is 25.6 Å². The van der Waals surface area contributed by atoms with Crippen LogP contribution in [0, 0.1) is 0 Å². The van der Waals surface area contributed by atoms with Crippen LogP contribution in [0.1, 0.15) is 13.8 Å². The quantitative estimate of drug-likeness (QED) is 0.111. The number of ether oxygens (including phenoxy) is 4. The van der Waals surface area contributed by atoms with Crippen molar-refractivity contribution in [1.29, 1.82) is 0 Å². The van der Waals surface area contributed by atoms with Crippen LogP contribution < -0.4 is 4.74 Å². The Kier molecular flexibility index (Phi) is 14.5. The molecule has 0 heterocycles. The van der Waals surface area contributed by atoms with Crippen molar-refractivity contribution in [2.24, 2.45) is 0 Å². The standard InChI is InChI=1S/C24H35N3O12/c1-18(2)25(23(28)16-34-10-12-37-26(30)31)14-20(39-24(29)17-35-11-13-38-27(32)33)15-36-22-9-5-7-19-6-3-4-8-21(19)22/h3-9,18,20,30-33H,10-17H2,1-2H3. The number of benzene rings is 2. The lowest BCUT2D eigenvalue weighted by Crippen LogP contribution is -2.47. The highest BCUT2D eigenvalue weighted by atomic mass is 17.1. The lowest BCUT2D eigenvalue weighted by atomic mass is 10.1. The summed E-state index contributed by atoms with van der Waals surface area (Å²) in [7, 11) is 0. The number of carbonyl (C=O) groups is 2. The molecule has 0 spiro atoms. The molecule has 0 radical (unpaired) electrons. The van der Waals surface area contributed by atoms with Gasteiger partial charge in [-0.25, -0.2) is 14.5 Å². The van der Waals surface area contributed by atoms with Crippen LogP contribution in [0.4, 0.5) is 0 Å². The Morgan fingerprint density at radius 2 is 1.44 bits per heavy atom. The van der Waals surface area contributed by atoms with Crippen molar-refractivity contribution in [3.63, 3.8) is 0 Å². The van der Waals surface area contributed by atoms with E-state index >= 15 is 0 Å². The number of amides is 1. The Labute approximate surface area is 224 Å². The fourth-order valence-electron chi connectivity index (χ4n) is 3.42. The summed E-state index contributed by atoms with van der Waals surface area (Å²) in [6.07, 6.45) is -0.881. The van der Waals surface area contributed by atoms with Gasteiger partial charge in [-0.15, -0.1) is 0 Å². The summed E-state index contributed by atoms with van der Waals surface area (Å²) in [4.78, 5) is 35.5. The van der Waals surface area contributed by atoms with Crippen molar-refractivity contribution in [1.82, 2.24) is 15.7 Å². The highest BCUT2D eigenvalue weighted by molar-refractivity contribution is 5.88. The third-order valence-corrected chi connectivity index (χ3v) is 5.13. The van der Waals surface area contributed by atoms with Crippen LogP contribution in [0.25, 0.3) is 10.8 Å². The molecule has 0 fully saturated rings. The van der Waals surface area contributed by atoms with Gasteiger partial charge in [-0.2, -0.15) is 0 Å². The topological polar surface area (TPSA) is 180 Å². The fraction of sp³-hybridized carbons (Fsp3) is 0.500. The van der Waals surface area contributed by atoms with E-state index in [9.17, 15) is 9.59 Å². The summed E-state index contributed by atoms with van der Waals surface area (Å²) in [6, 6.07) is 12.9. The smallest absolute Gasteiger partial charge is 0.332 e. The number of nitrogens with zero attached hydrogens (tertiary/aromatic N) is 3. The molecule has 1 amide bonds. The summed E-state index contributed by atoms with van der Waals surface area (Å²) in [5.41, 5.74) is 0. The van der Waals surface area contributed by atoms with Crippen LogP contribution >= 0.6 is 0 Å². The lowest BCUT2D eigenvalue weighted by Gasteiger charge is -2.30. The maximum Gasteiger partial charge on any atom is 0.332 e. The fourth-order valence-corrected chi connectivity index (χ4v) is 3.42. The van der Waals surface area contributed by atoms with Gasteiger partial charge in [0, 0.05) is 11.4 Å². The molecule has 0 aliphatic rings. The number of hydrogen-bond acceptors (Lipinski definition) is 14. The molecule has 0 aliphatic carbocycles. The van der Waals surface area contributed by atoms with Crippen molar-refractivity contribution in [3.05, 3.63) is 42.5 Å². The molecular weight excluding hydrogens is 522 g/mol. The second-order valence-electron chi connectivity index (χ2n) is 8.32. The number of carbonyl (C=O) groups excluding carboxylic acids is 2. The first-order chi connectivity index (χ1) is 18.7. The van der Waals surface area contributed by atoms with Gasteiger partial charge in [0.25, 0.3) is 0 Å². The number of rotatable bonds is 19. The van der Waals surface area contributed by atoms with Crippen molar-refractivity contribution in [2.45, 2.75) is 26.0 Å². The first-order valence-corrected chi connectivity index (χ1v) is 12.0. The van der Waals surface area contributed by atoms with E-state index in [0.29, 0.717) is 5.75 Å². The first kappa shape index (κ1) is 32.3. The molecule has 15 heteroatoms. The van der Waals surface area contributed by atoms with Crippen LogP contribution in [0.5, 0.6) is 5.75 Å². The first-order valence-electron chi connectivity index (χ1n) is 12.0. The van der Waals surface area contributed by atoms with Gasteiger partial charge in [0.05, 0.1) is 43.8 Å². The molecule has 0 saturated heterocycles. The van der Waals surface area contributed by atoms with Crippen molar-refractivity contribution in [2.75, 3.05) is 52.8 Å². The second-order valence-corrected chi connectivity index (χ2v) is 8.32. The molecule has 218 valence electrons. The van der Waals surface area contributed by atoms with E-state index in [1.54, 1.807) is 19.9 Å². The van der Waals surface area contributed by atoms with Crippen molar-refractivity contribution in [3.8, 4) is 5.75 Å². The predicted octanol–water partition coefficient (Wildman–Crippen LogP) is 1.42. The minimum atomic E-state index is -0.881. The Balaban J connectivity index is 2.03. The van der Waals surface area contributed by atoms with E-state index < -0.39 is 35.4 Å². The molecule has 2 aromatic rings. The number of esters is 1. The molecule has 2 aromatic carbocycles. The zero-order valence-corrected chi connectivity index (χ0v) is 21.7. The Morgan fingerprint density at radius 3 is 2.08 bits per heavy atom. The molecule has 4 N–H and O–H groups in total. The molecule has 15 nitrogen and oxygen atoms in total. The monoisotopic (exact) mass is 557 g/mol. The van der Waals surface area contributed by atoms with Gasteiger partial charge in [0.2, 0.25) is 5.91 Å². The van der Waals surface area contributed by atoms with E-state index in [2.05, 4.69) is 9.68 Å². The summed E-state index contributed by atoms with van der Waals surface area (Å²) >= 11 is 0. The van der Waals surface area contributed by atoms with Gasteiger partial charge in [0.15, 0.2) is 6.10 Å². The van der Waals surface area contributed by atoms with Crippen LogP contribution in [0.2, 0.25) is 0 Å². The van der Waals surface area contributed by atoms with E-state index in [0.717, 1.165) is 10.8 Å². The zero-order valence-electron chi connectivity index (χ0n) is 21.7. The highest BCUT2D eigenvalue weighted by Crippen LogP contribution is 2.25. The molecule has 0 saturated carbocycles. The largest absolute Gasteiger partial charge is 0.489 e. The summed E-state index contributed by atoms with van der Waals surface area (Å²) in [5, 5.41) is 35.0. The van der Waals surface area contributed by atoms with E-state index in [-0.39, 0.29) is 52.2 Å². The van der Waals surface area contributed by atoms with Crippen LogP contribution in [-0.2, 0) is 33.5 Å². The van der Waals surface area contributed by atoms with Gasteiger partial charge in [-0.1, -0.05) is 36.4 Å². The highest BCUT2D eigenvalue weighted by Gasteiger charge is 2.25. The van der Waals surface area contributed by atoms with Gasteiger partial charge in [0.1, 0.15) is 25.6 Å². The zero-order chi connectivity index (χ0) is 28.6. The van der Waals surface area contributed by atoms with Crippen molar-refractivity contribution >= 4 is 22.6 Å². The Morgan fingerprint density at radius 1 is 0.821 bits per heavy atom. The van der Waals surface area contributed by atoms with Crippen LogP contribution in [-0.4, -0.2) is 113 Å². The summed E-state index contributed by atoms with van der Waals surface area (Å²) in [5.74, 6) is -0.548.